The molecule has 1 aromatic carbocycles. The SMILES string of the molecule is CC(C)CC(C)Nc1ccc(C(N)=O)cc1N. The fourth-order valence-electron chi connectivity index (χ4n) is 1.88. The minimum absolute atomic E-state index is 0.344. The Bertz CT molecular complexity index is 402. The number of benzene rings is 1. The molecule has 0 aliphatic heterocycles. The van der Waals surface area contributed by atoms with E-state index < -0.39 is 5.91 Å². The maximum Gasteiger partial charge on any atom is 0.248 e. The zero-order valence-electron chi connectivity index (χ0n) is 10.7. The van der Waals surface area contributed by atoms with Gasteiger partial charge in [0, 0.05) is 11.6 Å². The van der Waals surface area contributed by atoms with Crippen molar-refractivity contribution in [3.05, 3.63) is 23.8 Å². The van der Waals surface area contributed by atoms with Crippen LogP contribution in [0, 0.1) is 5.92 Å². The second-order valence-electron chi connectivity index (χ2n) is 4.84. The first kappa shape index (κ1) is 13.4. The molecule has 0 aliphatic rings. The number of carbonyl (C=O) groups is 1. The highest BCUT2D eigenvalue weighted by atomic mass is 16.1. The quantitative estimate of drug-likeness (QED) is 0.684. The number of anilines is 2. The predicted molar refractivity (Wildman–Crippen MR) is 71.9 cm³/mol. The molecule has 5 N–H and O–H groups in total. The summed E-state index contributed by atoms with van der Waals surface area (Å²) in [5, 5.41) is 3.33. The normalized spacial score (nSPS) is 12.5. The number of carbonyl (C=O) groups excluding carboxylic acids is 1. The maximum atomic E-state index is 11.0. The second kappa shape index (κ2) is 5.57. The fraction of sp³-hybridized carbons (Fsp3) is 0.462. The zero-order valence-corrected chi connectivity index (χ0v) is 10.7. The third-order valence-electron chi connectivity index (χ3n) is 2.56. The van der Waals surface area contributed by atoms with Gasteiger partial charge in [-0.25, -0.2) is 0 Å². The van der Waals surface area contributed by atoms with E-state index in [2.05, 4.69) is 26.1 Å². The van der Waals surface area contributed by atoms with Gasteiger partial charge in [-0.15, -0.1) is 0 Å². The fourth-order valence-corrected chi connectivity index (χ4v) is 1.88. The highest BCUT2D eigenvalue weighted by Gasteiger charge is 2.08. The van der Waals surface area contributed by atoms with E-state index in [1.807, 2.05) is 0 Å². The van der Waals surface area contributed by atoms with Crippen LogP contribution in [0.5, 0.6) is 0 Å². The third kappa shape index (κ3) is 3.98. The predicted octanol–water partition coefficient (Wildman–Crippen LogP) is 2.21. The van der Waals surface area contributed by atoms with Crippen LogP contribution in [0.1, 0.15) is 37.6 Å². The summed E-state index contributed by atoms with van der Waals surface area (Å²) in [6.45, 7) is 6.47. The van der Waals surface area contributed by atoms with Crippen molar-refractivity contribution in [2.45, 2.75) is 33.2 Å². The molecule has 0 saturated carbocycles. The van der Waals surface area contributed by atoms with Crippen molar-refractivity contribution in [2.75, 3.05) is 11.1 Å². The number of amides is 1. The lowest BCUT2D eigenvalue weighted by atomic mass is 10.0. The molecule has 1 atom stereocenters. The number of primary amides is 1. The van der Waals surface area contributed by atoms with Gasteiger partial charge >= 0.3 is 0 Å². The van der Waals surface area contributed by atoms with E-state index in [-0.39, 0.29) is 0 Å². The topological polar surface area (TPSA) is 81.1 Å². The lowest BCUT2D eigenvalue weighted by Gasteiger charge is -2.18. The molecule has 1 unspecified atom stereocenters. The standard InChI is InChI=1S/C13H21N3O/c1-8(2)6-9(3)16-12-5-4-10(13(15)17)7-11(12)14/h4-5,7-9,16H,6,14H2,1-3H3,(H2,15,17). The number of rotatable bonds is 5. The molecule has 0 radical (unpaired) electrons. The van der Waals surface area contributed by atoms with E-state index >= 15 is 0 Å². The van der Waals surface area contributed by atoms with Gasteiger partial charge in [-0.1, -0.05) is 13.8 Å². The van der Waals surface area contributed by atoms with Crippen molar-refractivity contribution < 1.29 is 4.79 Å². The van der Waals surface area contributed by atoms with Crippen LogP contribution in [0.2, 0.25) is 0 Å². The monoisotopic (exact) mass is 235 g/mol. The number of nitrogen functional groups attached to an aromatic ring is 1. The average Bonchev–Trinajstić information content (AvgIpc) is 2.19. The molecular formula is C13H21N3O. The molecule has 0 bridgehead atoms. The summed E-state index contributed by atoms with van der Waals surface area (Å²) in [6, 6.07) is 5.43. The van der Waals surface area contributed by atoms with Gasteiger partial charge in [0.1, 0.15) is 0 Å². The molecule has 1 aromatic rings. The number of hydrogen-bond acceptors (Lipinski definition) is 3. The summed E-state index contributed by atoms with van der Waals surface area (Å²) in [5.41, 5.74) is 12.9. The third-order valence-corrected chi connectivity index (χ3v) is 2.56. The summed E-state index contributed by atoms with van der Waals surface area (Å²) in [4.78, 5) is 11.0. The zero-order chi connectivity index (χ0) is 13.0. The Hall–Kier alpha value is -1.71. The smallest absolute Gasteiger partial charge is 0.248 e. The molecule has 0 aromatic heterocycles. The number of hydrogen-bond donors (Lipinski definition) is 3. The first-order valence-electron chi connectivity index (χ1n) is 5.86. The highest BCUT2D eigenvalue weighted by molar-refractivity contribution is 5.94. The maximum absolute atomic E-state index is 11.0. The van der Waals surface area contributed by atoms with Crippen LogP contribution >= 0.6 is 0 Å². The van der Waals surface area contributed by atoms with Crippen molar-refractivity contribution in [1.29, 1.82) is 0 Å². The summed E-state index contributed by atoms with van der Waals surface area (Å²) in [5.74, 6) is 0.169. The molecule has 17 heavy (non-hydrogen) atoms. The van der Waals surface area contributed by atoms with Crippen LogP contribution in [-0.4, -0.2) is 11.9 Å². The van der Waals surface area contributed by atoms with Crippen LogP contribution in [-0.2, 0) is 0 Å². The molecule has 94 valence electrons. The Balaban J connectivity index is 2.75. The minimum Gasteiger partial charge on any atom is -0.397 e. The van der Waals surface area contributed by atoms with Gasteiger partial charge in [-0.05, 0) is 37.5 Å². The molecule has 0 aliphatic carbocycles. The summed E-state index contributed by atoms with van der Waals surface area (Å²) in [7, 11) is 0. The largest absolute Gasteiger partial charge is 0.397 e. The number of nitrogens with two attached hydrogens (primary N) is 2. The molecule has 0 saturated heterocycles. The Labute approximate surface area is 102 Å². The van der Waals surface area contributed by atoms with E-state index in [1.165, 1.54) is 0 Å². The molecule has 1 amide bonds. The number of nitrogens with one attached hydrogen (secondary N) is 1. The van der Waals surface area contributed by atoms with E-state index in [0.29, 0.717) is 23.2 Å². The van der Waals surface area contributed by atoms with Crippen molar-refractivity contribution in [1.82, 2.24) is 0 Å². The van der Waals surface area contributed by atoms with Gasteiger partial charge in [0.25, 0.3) is 0 Å². The van der Waals surface area contributed by atoms with Gasteiger partial charge in [0.2, 0.25) is 5.91 Å². The van der Waals surface area contributed by atoms with Crippen LogP contribution in [0.25, 0.3) is 0 Å². The molecule has 4 heteroatoms. The van der Waals surface area contributed by atoms with Crippen LogP contribution < -0.4 is 16.8 Å². The van der Waals surface area contributed by atoms with E-state index in [9.17, 15) is 4.79 Å². The second-order valence-corrected chi connectivity index (χ2v) is 4.84. The van der Waals surface area contributed by atoms with Crippen LogP contribution in [0.15, 0.2) is 18.2 Å². The van der Waals surface area contributed by atoms with E-state index in [4.69, 9.17) is 11.5 Å². The average molecular weight is 235 g/mol. The lowest BCUT2D eigenvalue weighted by molar-refractivity contribution is 0.100. The van der Waals surface area contributed by atoms with E-state index in [0.717, 1.165) is 12.1 Å². The minimum atomic E-state index is -0.460. The molecule has 0 spiro atoms. The van der Waals surface area contributed by atoms with Gasteiger partial charge < -0.3 is 16.8 Å². The van der Waals surface area contributed by atoms with Crippen molar-refractivity contribution in [3.63, 3.8) is 0 Å². The first-order chi connectivity index (χ1) is 7.90. The molecular weight excluding hydrogens is 214 g/mol. The molecule has 0 fully saturated rings. The lowest BCUT2D eigenvalue weighted by Crippen LogP contribution is -2.19. The van der Waals surface area contributed by atoms with Gasteiger partial charge in [-0.3, -0.25) is 4.79 Å². The summed E-state index contributed by atoms with van der Waals surface area (Å²) in [6.07, 6.45) is 1.07. The first-order valence-corrected chi connectivity index (χ1v) is 5.86. The summed E-state index contributed by atoms with van der Waals surface area (Å²) < 4.78 is 0. The Kier molecular flexibility index (Phi) is 4.37. The van der Waals surface area contributed by atoms with Gasteiger partial charge in [0.15, 0.2) is 0 Å². The Morgan fingerprint density at radius 3 is 2.47 bits per heavy atom. The Morgan fingerprint density at radius 1 is 1.35 bits per heavy atom. The Morgan fingerprint density at radius 2 is 2.00 bits per heavy atom. The van der Waals surface area contributed by atoms with Crippen molar-refractivity contribution >= 4 is 17.3 Å². The van der Waals surface area contributed by atoms with Crippen LogP contribution in [0.4, 0.5) is 11.4 Å². The van der Waals surface area contributed by atoms with Crippen molar-refractivity contribution in [2.24, 2.45) is 11.7 Å². The summed E-state index contributed by atoms with van der Waals surface area (Å²) >= 11 is 0. The van der Waals surface area contributed by atoms with Crippen LogP contribution in [0.3, 0.4) is 0 Å². The molecule has 0 heterocycles. The highest BCUT2D eigenvalue weighted by Crippen LogP contribution is 2.21. The molecule has 1 rings (SSSR count). The van der Waals surface area contributed by atoms with Gasteiger partial charge in [0.05, 0.1) is 11.4 Å². The van der Waals surface area contributed by atoms with Crippen molar-refractivity contribution in [3.8, 4) is 0 Å². The van der Waals surface area contributed by atoms with Gasteiger partial charge in [-0.2, -0.15) is 0 Å². The van der Waals surface area contributed by atoms with E-state index in [1.54, 1.807) is 18.2 Å². The molecule has 4 nitrogen and oxygen atoms in total.